The molecule has 1 atom stereocenters. The molecule has 0 bridgehead atoms. The van der Waals surface area contributed by atoms with E-state index in [2.05, 4.69) is 17.1 Å². The maximum atomic E-state index is 13.2. The van der Waals surface area contributed by atoms with Crippen molar-refractivity contribution in [2.45, 2.75) is 30.0 Å². The van der Waals surface area contributed by atoms with Crippen molar-refractivity contribution < 1.29 is 4.79 Å². The first-order chi connectivity index (χ1) is 13.7. The van der Waals surface area contributed by atoms with Crippen LogP contribution >= 0.6 is 23.1 Å². The SMILES string of the molecule is CCN1CCc2nc(NC(=O)[C@H](Sc3ccccc3)c3ccccc3)sc2C1. The number of carbonyl (C=O) groups excluding carboxylic acids is 1. The summed E-state index contributed by atoms with van der Waals surface area (Å²) in [7, 11) is 0. The molecule has 0 unspecified atom stereocenters. The molecule has 0 radical (unpaired) electrons. The molecule has 1 aromatic heterocycles. The molecule has 0 aliphatic carbocycles. The van der Waals surface area contributed by atoms with Crippen molar-refractivity contribution in [1.82, 2.24) is 9.88 Å². The number of hydrogen-bond donors (Lipinski definition) is 1. The van der Waals surface area contributed by atoms with E-state index in [0.29, 0.717) is 5.13 Å². The molecule has 144 valence electrons. The van der Waals surface area contributed by atoms with Crippen molar-refractivity contribution in [3.05, 3.63) is 76.8 Å². The minimum atomic E-state index is -0.323. The Labute approximate surface area is 174 Å². The van der Waals surface area contributed by atoms with Gasteiger partial charge in [-0.05, 0) is 24.2 Å². The van der Waals surface area contributed by atoms with Crippen molar-refractivity contribution in [3.8, 4) is 0 Å². The van der Waals surface area contributed by atoms with Gasteiger partial charge in [-0.15, -0.1) is 23.1 Å². The van der Waals surface area contributed by atoms with Gasteiger partial charge in [0.1, 0.15) is 5.25 Å². The largest absolute Gasteiger partial charge is 0.301 e. The number of thiazole rings is 1. The van der Waals surface area contributed by atoms with Gasteiger partial charge in [-0.1, -0.05) is 55.5 Å². The van der Waals surface area contributed by atoms with Crippen LogP contribution in [0.5, 0.6) is 0 Å². The fourth-order valence-electron chi connectivity index (χ4n) is 3.28. The molecule has 1 amide bonds. The molecule has 1 aliphatic rings. The molecule has 28 heavy (non-hydrogen) atoms. The Kier molecular flexibility index (Phi) is 6.10. The molecule has 1 N–H and O–H groups in total. The molecule has 0 spiro atoms. The summed E-state index contributed by atoms with van der Waals surface area (Å²) in [6, 6.07) is 20.0. The number of nitrogens with one attached hydrogen (secondary N) is 1. The maximum absolute atomic E-state index is 13.2. The van der Waals surface area contributed by atoms with Gasteiger partial charge in [-0.2, -0.15) is 0 Å². The number of amides is 1. The van der Waals surface area contributed by atoms with Gasteiger partial charge in [0.15, 0.2) is 5.13 Å². The van der Waals surface area contributed by atoms with Crippen LogP contribution in [0.1, 0.15) is 28.3 Å². The number of aromatic nitrogens is 1. The van der Waals surface area contributed by atoms with Gasteiger partial charge in [0.2, 0.25) is 5.91 Å². The first-order valence-corrected chi connectivity index (χ1v) is 11.2. The maximum Gasteiger partial charge on any atom is 0.244 e. The molecule has 1 aliphatic heterocycles. The van der Waals surface area contributed by atoms with E-state index < -0.39 is 0 Å². The lowest BCUT2D eigenvalue weighted by molar-refractivity contribution is -0.115. The van der Waals surface area contributed by atoms with Crippen LogP contribution in [0.15, 0.2) is 65.6 Å². The average molecular weight is 410 g/mol. The predicted molar refractivity (Wildman–Crippen MR) is 117 cm³/mol. The van der Waals surface area contributed by atoms with Crippen LogP contribution in [-0.4, -0.2) is 28.9 Å². The van der Waals surface area contributed by atoms with Gasteiger partial charge >= 0.3 is 0 Å². The fourth-order valence-corrected chi connectivity index (χ4v) is 5.38. The van der Waals surface area contributed by atoms with E-state index in [1.165, 1.54) is 4.88 Å². The topological polar surface area (TPSA) is 45.2 Å². The van der Waals surface area contributed by atoms with Crippen LogP contribution in [-0.2, 0) is 17.8 Å². The van der Waals surface area contributed by atoms with Crippen LogP contribution in [0.2, 0.25) is 0 Å². The van der Waals surface area contributed by atoms with E-state index in [0.717, 1.165) is 42.2 Å². The summed E-state index contributed by atoms with van der Waals surface area (Å²) in [4.78, 5) is 22.6. The van der Waals surface area contributed by atoms with E-state index in [-0.39, 0.29) is 11.2 Å². The third-order valence-electron chi connectivity index (χ3n) is 4.83. The van der Waals surface area contributed by atoms with Crippen molar-refractivity contribution >= 4 is 34.1 Å². The minimum Gasteiger partial charge on any atom is -0.301 e. The van der Waals surface area contributed by atoms with Crippen molar-refractivity contribution in [2.24, 2.45) is 0 Å². The molecule has 0 saturated carbocycles. The molecular formula is C22H23N3OS2. The van der Waals surface area contributed by atoms with Crippen LogP contribution < -0.4 is 5.32 Å². The second kappa shape index (κ2) is 8.90. The predicted octanol–water partition coefficient (Wildman–Crippen LogP) is 4.99. The lowest BCUT2D eigenvalue weighted by atomic mass is 10.1. The third kappa shape index (κ3) is 4.46. The van der Waals surface area contributed by atoms with Crippen LogP contribution in [0.4, 0.5) is 5.13 Å². The van der Waals surface area contributed by atoms with Crippen LogP contribution in [0, 0.1) is 0 Å². The van der Waals surface area contributed by atoms with Crippen LogP contribution in [0.3, 0.4) is 0 Å². The summed E-state index contributed by atoms with van der Waals surface area (Å²) in [5.41, 5.74) is 2.13. The Hall–Kier alpha value is -2.15. The summed E-state index contributed by atoms with van der Waals surface area (Å²) >= 11 is 3.17. The minimum absolute atomic E-state index is 0.0292. The van der Waals surface area contributed by atoms with Crippen molar-refractivity contribution in [2.75, 3.05) is 18.4 Å². The summed E-state index contributed by atoms with van der Waals surface area (Å²) in [6.45, 7) is 5.19. The zero-order chi connectivity index (χ0) is 19.3. The molecule has 4 nitrogen and oxygen atoms in total. The molecule has 3 aromatic rings. The number of thioether (sulfide) groups is 1. The molecule has 0 saturated heterocycles. The summed E-state index contributed by atoms with van der Waals surface area (Å²) in [5, 5.41) is 3.47. The molecule has 2 aromatic carbocycles. The highest BCUT2D eigenvalue weighted by atomic mass is 32.2. The van der Waals surface area contributed by atoms with Gasteiger partial charge in [-0.25, -0.2) is 4.98 Å². The monoisotopic (exact) mass is 409 g/mol. The van der Waals surface area contributed by atoms with Gasteiger partial charge in [0.05, 0.1) is 5.69 Å². The summed E-state index contributed by atoms with van der Waals surface area (Å²) in [6.07, 6.45) is 0.955. The lowest BCUT2D eigenvalue weighted by Gasteiger charge is -2.23. The number of likely N-dealkylation sites (N-methyl/N-ethyl adjacent to an activating group) is 1. The number of nitrogens with zero attached hydrogens (tertiary/aromatic N) is 2. The smallest absolute Gasteiger partial charge is 0.244 e. The summed E-state index contributed by atoms with van der Waals surface area (Å²) < 4.78 is 0. The molecular weight excluding hydrogens is 386 g/mol. The Morgan fingerprint density at radius 3 is 2.61 bits per heavy atom. The van der Waals surface area contributed by atoms with Gasteiger partial charge in [0.25, 0.3) is 0 Å². The highest BCUT2D eigenvalue weighted by Crippen LogP contribution is 2.37. The molecule has 4 rings (SSSR count). The fraction of sp³-hybridized carbons (Fsp3) is 0.273. The quantitative estimate of drug-likeness (QED) is 0.583. The zero-order valence-corrected chi connectivity index (χ0v) is 17.4. The van der Waals surface area contributed by atoms with E-state index in [1.807, 2.05) is 60.7 Å². The Morgan fingerprint density at radius 1 is 1.18 bits per heavy atom. The Morgan fingerprint density at radius 2 is 1.89 bits per heavy atom. The first kappa shape index (κ1) is 19.2. The molecule has 6 heteroatoms. The molecule has 2 heterocycles. The van der Waals surface area contributed by atoms with E-state index in [4.69, 9.17) is 4.98 Å². The lowest BCUT2D eigenvalue weighted by Crippen LogP contribution is -2.29. The number of fused-ring (bicyclic) bond motifs is 1. The third-order valence-corrected chi connectivity index (χ3v) is 7.09. The number of benzene rings is 2. The summed E-state index contributed by atoms with van der Waals surface area (Å²) in [5.74, 6) is -0.0292. The van der Waals surface area contributed by atoms with Gasteiger partial charge in [-0.3, -0.25) is 9.69 Å². The van der Waals surface area contributed by atoms with Gasteiger partial charge in [0, 0.05) is 29.3 Å². The van der Waals surface area contributed by atoms with Crippen LogP contribution in [0.25, 0.3) is 0 Å². The van der Waals surface area contributed by atoms with Gasteiger partial charge < -0.3 is 5.32 Å². The highest BCUT2D eigenvalue weighted by Gasteiger charge is 2.25. The zero-order valence-electron chi connectivity index (χ0n) is 15.8. The Balaban J connectivity index is 1.54. The second-order valence-corrected chi connectivity index (χ2v) is 8.98. The Bertz CT molecular complexity index is 927. The van der Waals surface area contributed by atoms with E-state index in [1.54, 1.807) is 23.1 Å². The number of anilines is 1. The average Bonchev–Trinajstić information content (AvgIpc) is 3.14. The van der Waals surface area contributed by atoms with E-state index >= 15 is 0 Å². The standard InChI is InChI=1S/C22H23N3OS2/c1-2-25-14-13-18-19(15-25)28-22(23-18)24-21(26)20(16-9-5-3-6-10-16)27-17-11-7-4-8-12-17/h3-12,20H,2,13-15H2,1H3,(H,23,24,26)/t20-/m1/s1. The van der Waals surface area contributed by atoms with E-state index in [9.17, 15) is 4.79 Å². The normalized spacial score (nSPS) is 15.0. The highest BCUT2D eigenvalue weighted by molar-refractivity contribution is 8.00. The number of rotatable bonds is 6. The number of hydrogen-bond acceptors (Lipinski definition) is 5. The van der Waals surface area contributed by atoms with Crippen molar-refractivity contribution in [1.29, 1.82) is 0 Å². The first-order valence-electron chi connectivity index (χ1n) is 9.51. The second-order valence-electron chi connectivity index (χ2n) is 6.72. The molecule has 0 fully saturated rings. The van der Waals surface area contributed by atoms with Crippen molar-refractivity contribution in [3.63, 3.8) is 0 Å². The number of carbonyl (C=O) groups is 1.